The minimum Gasteiger partial charge on any atom is -0.459 e. The van der Waals surface area contributed by atoms with Gasteiger partial charge in [-0.2, -0.15) is 0 Å². The first-order valence-corrected chi connectivity index (χ1v) is 20.5. The number of benzene rings is 9. The predicted octanol–water partition coefficient (Wildman–Crippen LogP) is 9.93. The highest BCUT2D eigenvalue weighted by molar-refractivity contribution is 6.98. The van der Waals surface area contributed by atoms with Gasteiger partial charge in [0.25, 0.3) is 6.71 Å². The Morgan fingerprint density at radius 3 is 1.70 bits per heavy atom. The molecule has 0 spiro atoms. The summed E-state index contributed by atoms with van der Waals surface area (Å²) in [5, 5.41) is 4.91. The number of aromatic nitrogens is 2. The molecule has 4 heterocycles. The van der Waals surface area contributed by atoms with Crippen molar-refractivity contribution in [1.82, 2.24) is 9.13 Å². The molecule has 0 amide bonds. The fourth-order valence-corrected chi connectivity index (χ4v) is 9.93. The molecular formula is C54H33B2N2O2. The molecule has 1 radical (unpaired) electrons. The van der Waals surface area contributed by atoms with Crippen LogP contribution >= 0.6 is 0 Å². The zero-order valence-electron chi connectivity index (χ0n) is 32.4. The zero-order chi connectivity index (χ0) is 39.3. The molecule has 2 aliphatic rings. The van der Waals surface area contributed by atoms with Crippen molar-refractivity contribution >= 4 is 84.9 Å². The molecule has 11 aromatic rings. The minimum atomic E-state index is -0.0797. The zero-order valence-corrected chi connectivity index (χ0v) is 32.4. The van der Waals surface area contributed by atoms with Crippen LogP contribution in [0.25, 0.3) is 66.1 Å². The van der Waals surface area contributed by atoms with E-state index in [-0.39, 0.29) is 6.71 Å². The number of rotatable bonds is 4. The highest BCUT2D eigenvalue weighted by Crippen LogP contribution is 2.39. The summed E-state index contributed by atoms with van der Waals surface area (Å²) in [6.45, 7) is -0.0797. The molecule has 0 unspecified atom stereocenters. The van der Waals surface area contributed by atoms with E-state index < -0.39 is 0 Å². The van der Waals surface area contributed by atoms with E-state index in [1.807, 2.05) is 6.07 Å². The van der Waals surface area contributed by atoms with Crippen molar-refractivity contribution in [1.29, 1.82) is 0 Å². The summed E-state index contributed by atoms with van der Waals surface area (Å²) < 4.78 is 18.9. The van der Waals surface area contributed by atoms with Crippen LogP contribution in [0.5, 0.6) is 23.0 Å². The van der Waals surface area contributed by atoms with Gasteiger partial charge in [0, 0.05) is 44.4 Å². The van der Waals surface area contributed by atoms with Gasteiger partial charge >= 0.3 is 0 Å². The fourth-order valence-electron chi connectivity index (χ4n) is 9.93. The van der Waals surface area contributed by atoms with Gasteiger partial charge in [-0.15, -0.1) is 0 Å². The van der Waals surface area contributed by atoms with E-state index in [4.69, 9.17) is 9.47 Å². The number of hydrogen-bond donors (Lipinski definition) is 0. The largest absolute Gasteiger partial charge is 0.459 e. The smallest absolute Gasteiger partial charge is 0.255 e. The molecule has 2 aromatic heterocycles. The lowest BCUT2D eigenvalue weighted by molar-refractivity contribution is 0.469. The first-order chi connectivity index (χ1) is 29.8. The molecule has 277 valence electrons. The fraction of sp³-hybridized carbons (Fsp3) is 0. The highest BCUT2D eigenvalue weighted by Gasteiger charge is 2.39. The highest BCUT2D eigenvalue weighted by atomic mass is 16.5. The lowest BCUT2D eigenvalue weighted by atomic mass is 9.35. The Morgan fingerprint density at radius 1 is 0.417 bits per heavy atom. The van der Waals surface area contributed by atoms with E-state index in [1.54, 1.807) is 0 Å². The van der Waals surface area contributed by atoms with E-state index in [9.17, 15) is 0 Å². The standard InChI is InChI=1S/C54H33B2N2O2/c1-3-15-34(16-4-1)41-33-51-53(56(35-17-5-2-6-18-35)44-22-10-14-26-49(44)59-51)54-52(41)55-43-29-27-37(32-50(43)60-54)58-47-25-13-9-21-40(47)42-31-36(28-30-48(42)58)57-45-23-11-7-19-38(45)39-20-8-12-24-46(39)57/h1-33H. The maximum absolute atomic E-state index is 7.29. The summed E-state index contributed by atoms with van der Waals surface area (Å²) >= 11 is 0. The lowest BCUT2D eigenvalue weighted by Crippen LogP contribution is -2.57. The second-order valence-corrected chi connectivity index (χ2v) is 15.8. The topological polar surface area (TPSA) is 28.3 Å². The molecule has 6 heteroatoms. The normalized spacial score (nSPS) is 12.7. The van der Waals surface area contributed by atoms with Crippen LogP contribution in [0.4, 0.5) is 0 Å². The van der Waals surface area contributed by atoms with Gasteiger partial charge in [-0.05, 0) is 82.1 Å². The summed E-state index contributed by atoms with van der Waals surface area (Å²) in [6.07, 6.45) is 0. The molecule has 0 N–H and O–H groups in total. The van der Waals surface area contributed by atoms with Crippen molar-refractivity contribution in [3.05, 3.63) is 200 Å². The van der Waals surface area contributed by atoms with Crippen molar-refractivity contribution < 1.29 is 9.47 Å². The van der Waals surface area contributed by atoms with Gasteiger partial charge in [0.2, 0.25) is 7.28 Å². The second-order valence-electron chi connectivity index (χ2n) is 15.8. The Hall–Kier alpha value is -7.69. The van der Waals surface area contributed by atoms with E-state index in [0.29, 0.717) is 0 Å². The van der Waals surface area contributed by atoms with Gasteiger partial charge in [-0.3, -0.25) is 0 Å². The summed E-state index contributed by atoms with van der Waals surface area (Å²) in [7, 11) is 2.30. The SMILES string of the molecule is [B]1c2ccc(-n3c4ccccc4c4cc(-n5c6ccccc6c6ccccc65)ccc43)cc2Oc2c1c(-c1ccccc1)cc1c2B(c2ccccc2)c2ccccc2O1. The van der Waals surface area contributed by atoms with Gasteiger partial charge in [0.05, 0.1) is 22.1 Å². The number of hydrogen-bond acceptors (Lipinski definition) is 2. The van der Waals surface area contributed by atoms with Crippen molar-refractivity contribution in [2.45, 2.75) is 0 Å². The van der Waals surface area contributed by atoms with Crippen LogP contribution in [-0.4, -0.2) is 23.1 Å². The van der Waals surface area contributed by atoms with Gasteiger partial charge < -0.3 is 18.6 Å². The van der Waals surface area contributed by atoms with E-state index in [0.717, 1.165) is 78.4 Å². The molecule has 0 bridgehead atoms. The van der Waals surface area contributed by atoms with Crippen LogP contribution in [0.3, 0.4) is 0 Å². The van der Waals surface area contributed by atoms with E-state index >= 15 is 0 Å². The quantitative estimate of drug-likeness (QED) is 0.167. The van der Waals surface area contributed by atoms with Crippen molar-refractivity contribution in [3.8, 4) is 45.5 Å². The predicted molar refractivity (Wildman–Crippen MR) is 250 cm³/mol. The molecule has 0 atom stereocenters. The molecule has 0 fully saturated rings. The van der Waals surface area contributed by atoms with Crippen LogP contribution in [0.2, 0.25) is 0 Å². The summed E-state index contributed by atoms with van der Waals surface area (Å²) in [4.78, 5) is 0. The van der Waals surface area contributed by atoms with Crippen molar-refractivity contribution in [2.24, 2.45) is 0 Å². The molecule has 0 aliphatic carbocycles. The summed E-state index contributed by atoms with van der Waals surface area (Å²) in [6, 6.07) is 71.5. The third kappa shape index (κ3) is 4.88. The van der Waals surface area contributed by atoms with Crippen LogP contribution < -0.4 is 36.8 Å². The molecule has 4 nitrogen and oxygen atoms in total. The molecule has 13 rings (SSSR count). The van der Waals surface area contributed by atoms with Crippen molar-refractivity contribution in [3.63, 3.8) is 0 Å². The van der Waals surface area contributed by atoms with Crippen LogP contribution in [0, 0.1) is 0 Å². The van der Waals surface area contributed by atoms with Crippen LogP contribution in [0.1, 0.15) is 0 Å². The monoisotopic (exact) mass is 763 g/mol. The van der Waals surface area contributed by atoms with Crippen LogP contribution in [0.15, 0.2) is 200 Å². The molecule has 9 aromatic carbocycles. The van der Waals surface area contributed by atoms with Gasteiger partial charge in [-0.25, -0.2) is 0 Å². The third-order valence-corrected chi connectivity index (χ3v) is 12.5. The Bertz CT molecular complexity index is 3480. The van der Waals surface area contributed by atoms with Gasteiger partial charge in [-0.1, -0.05) is 145 Å². The summed E-state index contributed by atoms with van der Waals surface area (Å²) in [5.41, 5.74) is 14.5. The third-order valence-electron chi connectivity index (χ3n) is 12.5. The molecule has 0 saturated carbocycles. The number of ether oxygens (including phenoxy) is 2. The number of para-hydroxylation sites is 4. The molecule has 60 heavy (non-hydrogen) atoms. The Balaban J connectivity index is 0.993. The van der Waals surface area contributed by atoms with Gasteiger partial charge in [0.1, 0.15) is 23.0 Å². The molecular weight excluding hydrogens is 730 g/mol. The van der Waals surface area contributed by atoms with Crippen LogP contribution in [-0.2, 0) is 0 Å². The maximum Gasteiger partial charge on any atom is 0.255 e. The maximum atomic E-state index is 7.29. The Kier molecular flexibility index (Phi) is 7.16. The number of fused-ring (bicyclic) bond motifs is 11. The average molecular weight is 763 g/mol. The van der Waals surface area contributed by atoms with Gasteiger partial charge in [0.15, 0.2) is 0 Å². The lowest BCUT2D eigenvalue weighted by Gasteiger charge is -2.33. The second kappa shape index (κ2) is 12.9. The Morgan fingerprint density at radius 2 is 0.983 bits per heavy atom. The first kappa shape index (κ1) is 33.3. The summed E-state index contributed by atoms with van der Waals surface area (Å²) in [5.74, 6) is 3.32. The average Bonchev–Trinajstić information content (AvgIpc) is 3.83. The first-order valence-electron chi connectivity index (χ1n) is 20.5. The van der Waals surface area contributed by atoms with E-state index in [2.05, 4.69) is 211 Å². The molecule has 0 saturated heterocycles. The van der Waals surface area contributed by atoms with Crippen molar-refractivity contribution in [2.75, 3.05) is 0 Å². The molecule has 2 aliphatic heterocycles. The Labute approximate surface area is 347 Å². The van der Waals surface area contributed by atoms with E-state index in [1.165, 1.54) is 38.0 Å². The number of nitrogens with zero attached hydrogens (tertiary/aromatic N) is 2. The minimum absolute atomic E-state index is 0.0797.